The van der Waals surface area contributed by atoms with Crippen LogP contribution in [0.1, 0.15) is 12.5 Å². The minimum atomic E-state index is -0.526. The summed E-state index contributed by atoms with van der Waals surface area (Å²) < 4.78 is 0.653. The summed E-state index contributed by atoms with van der Waals surface area (Å²) in [6.07, 6.45) is 0. The lowest BCUT2D eigenvalue weighted by Crippen LogP contribution is -2.41. The highest BCUT2D eigenvalue weighted by Crippen LogP contribution is 2.31. The predicted molar refractivity (Wildman–Crippen MR) is 92.3 cm³/mol. The number of nitrogens with one attached hydrogen (secondary N) is 3. The predicted octanol–water partition coefficient (Wildman–Crippen LogP) is 2.53. The molecule has 122 valence electrons. The van der Waals surface area contributed by atoms with E-state index in [0.717, 1.165) is 11.3 Å². The van der Waals surface area contributed by atoms with Crippen LogP contribution in [0.15, 0.2) is 28.6 Å². The molecule has 3 N–H and O–H groups in total. The molecule has 3 amide bonds. The van der Waals surface area contributed by atoms with E-state index in [-0.39, 0.29) is 5.91 Å². The van der Waals surface area contributed by atoms with Crippen LogP contribution in [-0.4, -0.2) is 34.4 Å². The van der Waals surface area contributed by atoms with Gasteiger partial charge in [-0.2, -0.15) is 0 Å². The van der Waals surface area contributed by atoms with E-state index in [9.17, 15) is 9.59 Å². The van der Waals surface area contributed by atoms with Gasteiger partial charge in [-0.15, -0.1) is 10.2 Å². The number of aromatic nitrogens is 2. The molecule has 0 aliphatic carbocycles. The maximum atomic E-state index is 11.8. The van der Waals surface area contributed by atoms with Gasteiger partial charge in [-0.1, -0.05) is 41.3 Å². The van der Waals surface area contributed by atoms with Gasteiger partial charge in [0.05, 0.1) is 5.25 Å². The molecule has 0 saturated carbocycles. The fourth-order valence-corrected chi connectivity index (χ4v) is 3.53. The largest absolute Gasteiger partial charge is 0.341 e. The summed E-state index contributed by atoms with van der Waals surface area (Å²) >= 11 is 2.61. The summed E-state index contributed by atoms with van der Waals surface area (Å²) in [7, 11) is 1.45. The first-order chi connectivity index (χ1) is 11.0. The highest BCUT2D eigenvalue weighted by Gasteiger charge is 2.18. The zero-order valence-corrected chi connectivity index (χ0v) is 14.5. The normalized spacial score (nSPS) is 11.6. The fourth-order valence-electron chi connectivity index (χ4n) is 1.62. The van der Waals surface area contributed by atoms with Crippen LogP contribution >= 0.6 is 23.1 Å². The molecule has 1 heterocycles. The van der Waals surface area contributed by atoms with Gasteiger partial charge in [0, 0.05) is 12.7 Å². The molecule has 0 radical (unpaired) electrons. The summed E-state index contributed by atoms with van der Waals surface area (Å²) in [4.78, 5) is 22.9. The molecule has 7 nitrogen and oxygen atoms in total. The van der Waals surface area contributed by atoms with Gasteiger partial charge < -0.3 is 10.6 Å². The van der Waals surface area contributed by atoms with Crippen LogP contribution in [-0.2, 0) is 4.79 Å². The maximum absolute atomic E-state index is 11.8. The monoisotopic (exact) mass is 351 g/mol. The second-order valence-electron chi connectivity index (χ2n) is 4.64. The van der Waals surface area contributed by atoms with E-state index >= 15 is 0 Å². The molecule has 2 aromatic rings. The number of aryl methyl sites for hydroxylation is 1. The van der Waals surface area contributed by atoms with Crippen LogP contribution in [0.25, 0.3) is 0 Å². The smallest absolute Gasteiger partial charge is 0.321 e. The first-order valence-corrected chi connectivity index (χ1v) is 8.54. The van der Waals surface area contributed by atoms with Crippen molar-refractivity contribution in [1.29, 1.82) is 0 Å². The summed E-state index contributed by atoms with van der Waals surface area (Å²) in [5, 5.41) is 16.1. The Bertz CT molecular complexity index is 704. The van der Waals surface area contributed by atoms with E-state index in [4.69, 9.17) is 0 Å². The molecule has 1 aromatic heterocycles. The quantitative estimate of drug-likeness (QED) is 0.717. The molecule has 9 heteroatoms. The van der Waals surface area contributed by atoms with Crippen molar-refractivity contribution in [2.24, 2.45) is 0 Å². The summed E-state index contributed by atoms with van der Waals surface area (Å²) in [6, 6.07) is 7.35. The molecule has 0 aliphatic rings. The molecular weight excluding hydrogens is 334 g/mol. The van der Waals surface area contributed by atoms with Gasteiger partial charge in [-0.25, -0.2) is 4.79 Å². The SMILES string of the molecule is CNC(=O)NC(=O)[C@H](C)Sc1nnc(Nc2ccccc2C)s1. The number of thioether (sulfide) groups is 1. The number of nitrogens with zero attached hydrogens (tertiary/aromatic N) is 2. The van der Waals surface area contributed by atoms with Gasteiger partial charge >= 0.3 is 6.03 Å². The molecule has 0 unspecified atom stereocenters. The number of anilines is 2. The van der Waals surface area contributed by atoms with Crippen LogP contribution in [0.4, 0.5) is 15.6 Å². The Kier molecular flexibility index (Phi) is 5.94. The lowest BCUT2D eigenvalue weighted by molar-refractivity contribution is -0.119. The number of amides is 3. The fraction of sp³-hybridized carbons (Fsp3) is 0.286. The minimum absolute atomic E-state index is 0.377. The van der Waals surface area contributed by atoms with Crippen molar-refractivity contribution in [3.05, 3.63) is 29.8 Å². The standard InChI is InChI=1S/C14H17N5O2S2/c1-8-6-4-5-7-10(8)16-13-18-19-14(23-13)22-9(2)11(20)17-12(21)15-3/h4-7,9H,1-3H3,(H,16,18)(H2,15,17,20,21)/t9-/m0/s1. The summed E-state index contributed by atoms with van der Waals surface area (Å²) in [6.45, 7) is 3.71. The molecule has 2 rings (SSSR count). The van der Waals surface area contributed by atoms with Crippen molar-refractivity contribution in [3.8, 4) is 0 Å². The third kappa shape index (κ3) is 4.93. The van der Waals surface area contributed by atoms with Crippen LogP contribution < -0.4 is 16.0 Å². The number of imide groups is 1. The van der Waals surface area contributed by atoms with Crippen molar-refractivity contribution < 1.29 is 9.59 Å². The van der Waals surface area contributed by atoms with Gasteiger partial charge in [-0.3, -0.25) is 10.1 Å². The average Bonchev–Trinajstić information content (AvgIpc) is 2.96. The number of rotatable bonds is 5. The zero-order valence-electron chi connectivity index (χ0n) is 12.9. The van der Waals surface area contributed by atoms with Crippen LogP contribution in [0.5, 0.6) is 0 Å². The van der Waals surface area contributed by atoms with Crippen molar-refractivity contribution in [2.45, 2.75) is 23.4 Å². The Labute approximate surface area is 142 Å². The number of hydrogen-bond donors (Lipinski definition) is 3. The van der Waals surface area contributed by atoms with E-state index in [1.165, 1.54) is 30.1 Å². The zero-order chi connectivity index (χ0) is 16.8. The molecule has 1 atom stereocenters. The number of urea groups is 1. The van der Waals surface area contributed by atoms with Gasteiger partial charge in [-0.05, 0) is 25.5 Å². The Hall–Kier alpha value is -2.13. The maximum Gasteiger partial charge on any atom is 0.321 e. The molecule has 0 aliphatic heterocycles. The lowest BCUT2D eigenvalue weighted by atomic mass is 10.2. The molecular formula is C14H17N5O2S2. The topological polar surface area (TPSA) is 96.0 Å². The molecule has 0 spiro atoms. The van der Waals surface area contributed by atoms with Crippen LogP contribution in [0.3, 0.4) is 0 Å². The Morgan fingerprint density at radius 3 is 2.70 bits per heavy atom. The number of hydrogen-bond acceptors (Lipinski definition) is 7. The molecule has 0 bridgehead atoms. The Morgan fingerprint density at radius 1 is 1.26 bits per heavy atom. The first kappa shape index (κ1) is 17.2. The average molecular weight is 351 g/mol. The van der Waals surface area contributed by atoms with E-state index in [2.05, 4.69) is 26.1 Å². The Morgan fingerprint density at radius 2 is 2.00 bits per heavy atom. The van der Waals surface area contributed by atoms with Gasteiger partial charge in [0.15, 0.2) is 4.34 Å². The molecule has 0 saturated heterocycles. The highest BCUT2D eigenvalue weighted by molar-refractivity contribution is 8.02. The molecule has 1 aromatic carbocycles. The number of benzene rings is 1. The summed E-state index contributed by atoms with van der Waals surface area (Å²) in [5.41, 5.74) is 2.07. The van der Waals surface area contributed by atoms with Crippen molar-refractivity contribution >= 4 is 45.9 Å². The van der Waals surface area contributed by atoms with Crippen molar-refractivity contribution in [3.63, 3.8) is 0 Å². The lowest BCUT2D eigenvalue weighted by Gasteiger charge is -2.08. The van der Waals surface area contributed by atoms with E-state index < -0.39 is 11.3 Å². The second kappa shape index (κ2) is 7.93. The first-order valence-electron chi connectivity index (χ1n) is 6.85. The number of carbonyl (C=O) groups excluding carboxylic acids is 2. The van der Waals surface area contributed by atoms with Crippen molar-refractivity contribution in [2.75, 3.05) is 12.4 Å². The highest BCUT2D eigenvalue weighted by atomic mass is 32.2. The Balaban J connectivity index is 1.95. The minimum Gasteiger partial charge on any atom is -0.341 e. The van der Waals surface area contributed by atoms with E-state index in [1.807, 2.05) is 31.2 Å². The third-order valence-electron chi connectivity index (χ3n) is 2.90. The number of para-hydroxylation sites is 1. The van der Waals surface area contributed by atoms with E-state index in [0.29, 0.717) is 9.47 Å². The van der Waals surface area contributed by atoms with Gasteiger partial charge in [0.25, 0.3) is 0 Å². The molecule has 23 heavy (non-hydrogen) atoms. The molecule has 0 fully saturated rings. The van der Waals surface area contributed by atoms with Gasteiger partial charge in [0.1, 0.15) is 0 Å². The van der Waals surface area contributed by atoms with Crippen LogP contribution in [0, 0.1) is 6.92 Å². The second-order valence-corrected chi connectivity index (χ2v) is 7.21. The van der Waals surface area contributed by atoms with Crippen LogP contribution in [0.2, 0.25) is 0 Å². The van der Waals surface area contributed by atoms with Gasteiger partial charge in [0.2, 0.25) is 11.0 Å². The number of carbonyl (C=O) groups is 2. The van der Waals surface area contributed by atoms with Crippen molar-refractivity contribution in [1.82, 2.24) is 20.8 Å². The van der Waals surface area contributed by atoms with E-state index in [1.54, 1.807) is 6.92 Å². The third-order valence-corrected chi connectivity index (χ3v) is 4.93. The summed E-state index contributed by atoms with van der Waals surface area (Å²) in [5.74, 6) is -0.377.